The van der Waals surface area contributed by atoms with Gasteiger partial charge in [0.15, 0.2) is 6.04 Å². The number of nitro benzene ring substituents is 2. The summed E-state index contributed by atoms with van der Waals surface area (Å²) < 4.78 is 0. The maximum absolute atomic E-state index is 12.1. The molecule has 0 aliphatic heterocycles. The number of nitrogens with one attached hydrogen (secondary N) is 1. The van der Waals surface area contributed by atoms with Crippen molar-refractivity contribution in [1.29, 1.82) is 0 Å². The zero-order valence-electron chi connectivity index (χ0n) is 14.2. The van der Waals surface area contributed by atoms with Crippen molar-refractivity contribution in [2.45, 2.75) is 18.6 Å². The van der Waals surface area contributed by atoms with E-state index < -0.39 is 33.9 Å². The summed E-state index contributed by atoms with van der Waals surface area (Å²) in [5.41, 5.74) is -0.138. The molecule has 2 rings (SSSR count). The average Bonchev–Trinajstić information content (AvgIpc) is 2.65. The topological polar surface area (TPSA) is 173 Å². The van der Waals surface area contributed by atoms with E-state index in [0.717, 1.165) is 6.07 Å². The van der Waals surface area contributed by atoms with Gasteiger partial charge in [-0.05, 0) is 11.1 Å². The number of carboxylic acid groups (broad SMARTS) is 1. The van der Waals surface area contributed by atoms with Crippen molar-refractivity contribution in [3.05, 3.63) is 79.9 Å². The Kier molecular flexibility index (Phi) is 6.34. The number of aliphatic hydroxyl groups is 1. The van der Waals surface area contributed by atoms with Crippen LogP contribution >= 0.6 is 0 Å². The number of carboxylic acids is 1. The molecule has 2 aromatic rings. The summed E-state index contributed by atoms with van der Waals surface area (Å²) in [6.45, 7) is 0. The normalized spacial score (nSPS) is 12.6. The average molecular weight is 389 g/mol. The van der Waals surface area contributed by atoms with Crippen LogP contribution in [0.15, 0.2) is 48.5 Å². The smallest absolute Gasteiger partial charge is 0.329 e. The van der Waals surface area contributed by atoms with E-state index in [1.54, 1.807) is 0 Å². The molecule has 146 valence electrons. The van der Waals surface area contributed by atoms with Gasteiger partial charge in [-0.15, -0.1) is 0 Å². The summed E-state index contributed by atoms with van der Waals surface area (Å²) in [7, 11) is 0. The fourth-order valence-corrected chi connectivity index (χ4v) is 2.44. The summed E-state index contributed by atoms with van der Waals surface area (Å²) >= 11 is 0. The lowest BCUT2D eigenvalue weighted by atomic mass is 10.0. The van der Waals surface area contributed by atoms with Gasteiger partial charge in [-0.2, -0.15) is 0 Å². The standard InChI is InChI=1S/C17H15N3O8/c21-14(8-10-4-6-12(7-5-10)19(25)26)18-15(17(23)24)16(22)11-2-1-3-13(9-11)20(27)28/h1-7,9,15-16,22H,8H2,(H,18,21)(H,23,24)/t15-,16-/m1/s1. The number of non-ortho nitro benzene ring substituents is 2. The van der Waals surface area contributed by atoms with Gasteiger partial charge < -0.3 is 15.5 Å². The Labute approximate surface area is 157 Å². The Bertz CT molecular complexity index is 913. The zero-order chi connectivity index (χ0) is 20.8. The molecule has 3 N–H and O–H groups in total. The molecule has 0 saturated heterocycles. The lowest BCUT2D eigenvalue weighted by molar-refractivity contribution is -0.385. The molecule has 11 nitrogen and oxygen atoms in total. The van der Waals surface area contributed by atoms with Crippen LogP contribution in [0.4, 0.5) is 11.4 Å². The van der Waals surface area contributed by atoms with Crippen molar-refractivity contribution in [3.8, 4) is 0 Å². The first-order chi connectivity index (χ1) is 13.2. The highest BCUT2D eigenvalue weighted by molar-refractivity contribution is 5.85. The number of aliphatic carboxylic acids is 1. The minimum Gasteiger partial charge on any atom is -0.480 e. The van der Waals surface area contributed by atoms with Gasteiger partial charge in [0.1, 0.15) is 6.10 Å². The van der Waals surface area contributed by atoms with Crippen LogP contribution in [0.2, 0.25) is 0 Å². The molecule has 0 saturated carbocycles. The van der Waals surface area contributed by atoms with Crippen LogP contribution in [0.1, 0.15) is 17.2 Å². The van der Waals surface area contributed by atoms with E-state index in [1.165, 1.54) is 42.5 Å². The molecule has 2 atom stereocenters. The summed E-state index contributed by atoms with van der Waals surface area (Å²) in [4.78, 5) is 43.7. The molecule has 1 amide bonds. The van der Waals surface area contributed by atoms with Crippen LogP contribution in [0.25, 0.3) is 0 Å². The molecule has 28 heavy (non-hydrogen) atoms. The molecule has 0 unspecified atom stereocenters. The van der Waals surface area contributed by atoms with Crippen LogP contribution in [-0.2, 0) is 16.0 Å². The predicted molar refractivity (Wildman–Crippen MR) is 94.4 cm³/mol. The van der Waals surface area contributed by atoms with Gasteiger partial charge in [0.05, 0.1) is 16.3 Å². The molecule has 0 aliphatic rings. The van der Waals surface area contributed by atoms with E-state index in [-0.39, 0.29) is 23.4 Å². The van der Waals surface area contributed by atoms with Gasteiger partial charge in [-0.1, -0.05) is 24.3 Å². The quantitative estimate of drug-likeness (QED) is 0.448. The Morgan fingerprint density at radius 1 is 1.00 bits per heavy atom. The highest BCUT2D eigenvalue weighted by Gasteiger charge is 2.30. The molecule has 0 aliphatic carbocycles. The molecule has 0 spiro atoms. The number of aliphatic hydroxyl groups excluding tert-OH is 1. The number of benzene rings is 2. The second-order valence-corrected chi connectivity index (χ2v) is 5.78. The fraction of sp³-hybridized carbons (Fsp3) is 0.176. The molecule has 11 heteroatoms. The molecular formula is C17H15N3O8. The van der Waals surface area contributed by atoms with Crippen LogP contribution in [-0.4, -0.2) is 38.0 Å². The number of rotatable bonds is 8. The third-order valence-corrected chi connectivity index (χ3v) is 3.83. The van der Waals surface area contributed by atoms with E-state index in [9.17, 15) is 40.0 Å². The van der Waals surface area contributed by atoms with Crippen LogP contribution < -0.4 is 5.32 Å². The third-order valence-electron chi connectivity index (χ3n) is 3.83. The number of carbonyl (C=O) groups excluding carboxylic acids is 1. The molecular weight excluding hydrogens is 374 g/mol. The molecule has 0 bridgehead atoms. The molecule has 0 radical (unpaired) electrons. The number of nitrogens with zero attached hydrogens (tertiary/aromatic N) is 2. The van der Waals surface area contributed by atoms with Crippen LogP contribution in [0.3, 0.4) is 0 Å². The Morgan fingerprint density at radius 3 is 2.14 bits per heavy atom. The van der Waals surface area contributed by atoms with Crippen LogP contribution in [0, 0.1) is 20.2 Å². The predicted octanol–water partition coefficient (Wildman–Crippen LogP) is 1.35. The van der Waals surface area contributed by atoms with Gasteiger partial charge in [0.25, 0.3) is 11.4 Å². The van der Waals surface area contributed by atoms with Gasteiger partial charge in [0.2, 0.25) is 5.91 Å². The monoisotopic (exact) mass is 389 g/mol. The summed E-state index contributed by atoms with van der Waals surface area (Å²) in [6, 6.07) is 8.15. The Hall–Kier alpha value is -3.86. The number of hydrogen-bond acceptors (Lipinski definition) is 7. The summed E-state index contributed by atoms with van der Waals surface area (Å²) in [6.07, 6.45) is -2.00. The van der Waals surface area contributed by atoms with Crippen molar-refractivity contribution in [2.24, 2.45) is 0 Å². The first kappa shape index (κ1) is 20.5. The second kappa shape index (κ2) is 8.68. The van der Waals surface area contributed by atoms with E-state index >= 15 is 0 Å². The van der Waals surface area contributed by atoms with Gasteiger partial charge in [-0.25, -0.2) is 4.79 Å². The first-order valence-corrected chi connectivity index (χ1v) is 7.87. The van der Waals surface area contributed by atoms with Crippen molar-refractivity contribution in [1.82, 2.24) is 5.32 Å². The number of nitro groups is 2. The van der Waals surface area contributed by atoms with Crippen molar-refractivity contribution in [2.75, 3.05) is 0 Å². The molecule has 2 aromatic carbocycles. The maximum Gasteiger partial charge on any atom is 0.329 e. The van der Waals surface area contributed by atoms with E-state index in [4.69, 9.17) is 0 Å². The summed E-state index contributed by atoms with van der Waals surface area (Å²) in [5.74, 6) is -2.28. The van der Waals surface area contributed by atoms with Gasteiger partial charge in [0, 0.05) is 24.3 Å². The zero-order valence-corrected chi connectivity index (χ0v) is 14.2. The summed E-state index contributed by atoms with van der Waals surface area (Å²) in [5, 5.41) is 43.2. The molecule has 0 heterocycles. The van der Waals surface area contributed by atoms with E-state index in [2.05, 4.69) is 5.32 Å². The Morgan fingerprint density at radius 2 is 1.61 bits per heavy atom. The minimum atomic E-state index is -1.74. The SMILES string of the molecule is O=C(Cc1ccc([N+](=O)[O-])cc1)N[C@@H](C(=O)O)[C@H](O)c1cccc([N+](=O)[O-])c1. The second-order valence-electron chi connectivity index (χ2n) is 5.78. The number of amides is 1. The van der Waals surface area contributed by atoms with Crippen LogP contribution in [0.5, 0.6) is 0 Å². The molecule has 0 aromatic heterocycles. The van der Waals surface area contributed by atoms with Gasteiger partial charge in [-0.3, -0.25) is 25.0 Å². The number of carbonyl (C=O) groups is 2. The lowest BCUT2D eigenvalue weighted by Crippen LogP contribution is -2.45. The highest BCUT2D eigenvalue weighted by atomic mass is 16.6. The number of hydrogen-bond donors (Lipinski definition) is 3. The van der Waals surface area contributed by atoms with E-state index in [1.807, 2.05) is 0 Å². The molecule has 0 fully saturated rings. The Balaban J connectivity index is 2.12. The lowest BCUT2D eigenvalue weighted by Gasteiger charge is -2.20. The highest BCUT2D eigenvalue weighted by Crippen LogP contribution is 2.22. The van der Waals surface area contributed by atoms with Crippen molar-refractivity contribution < 1.29 is 29.6 Å². The minimum absolute atomic E-state index is 0.0442. The third kappa shape index (κ3) is 5.08. The largest absolute Gasteiger partial charge is 0.480 e. The maximum atomic E-state index is 12.1. The van der Waals surface area contributed by atoms with Crippen molar-refractivity contribution >= 4 is 23.3 Å². The first-order valence-electron chi connectivity index (χ1n) is 7.87. The van der Waals surface area contributed by atoms with Crippen molar-refractivity contribution in [3.63, 3.8) is 0 Å². The fourth-order valence-electron chi connectivity index (χ4n) is 2.44. The van der Waals surface area contributed by atoms with E-state index in [0.29, 0.717) is 5.56 Å². The van der Waals surface area contributed by atoms with Gasteiger partial charge >= 0.3 is 5.97 Å².